The van der Waals surface area contributed by atoms with Crippen LogP contribution in [0.4, 0.5) is 13.6 Å². The van der Waals surface area contributed by atoms with Crippen LogP contribution in [0.5, 0.6) is 5.75 Å². The third kappa shape index (κ3) is 4.89. The van der Waals surface area contributed by atoms with Gasteiger partial charge in [-0.2, -0.15) is 4.98 Å². The van der Waals surface area contributed by atoms with Gasteiger partial charge in [0, 0.05) is 23.1 Å². The number of hydrogen-bond acceptors (Lipinski definition) is 7. The van der Waals surface area contributed by atoms with Gasteiger partial charge in [-0.3, -0.25) is 10.2 Å². The van der Waals surface area contributed by atoms with Gasteiger partial charge in [0.25, 0.3) is 11.8 Å². The zero-order valence-corrected chi connectivity index (χ0v) is 17.5. The Morgan fingerprint density at radius 3 is 2.38 bits per heavy atom. The minimum atomic E-state index is -0.983. The van der Waals surface area contributed by atoms with Crippen molar-refractivity contribution < 1.29 is 27.6 Å². The van der Waals surface area contributed by atoms with Crippen molar-refractivity contribution in [3.63, 3.8) is 0 Å². The van der Waals surface area contributed by atoms with Gasteiger partial charge >= 0.3 is 6.09 Å². The minimum absolute atomic E-state index is 0.00917. The molecule has 0 aliphatic heterocycles. The van der Waals surface area contributed by atoms with Gasteiger partial charge in [-0.05, 0) is 35.2 Å². The molecule has 1 heterocycles. The van der Waals surface area contributed by atoms with E-state index in [1.54, 1.807) is 12.1 Å². The fourth-order valence-corrected chi connectivity index (χ4v) is 3.11. The van der Waals surface area contributed by atoms with Crippen LogP contribution in [0.2, 0.25) is 0 Å². The van der Waals surface area contributed by atoms with E-state index in [1.807, 2.05) is 26.2 Å². The highest BCUT2D eigenvalue weighted by atomic mass is 19.1. The molecule has 1 aromatic heterocycles. The highest BCUT2D eigenvalue weighted by Crippen LogP contribution is 2.35. The number of ether oxygens (including phenoxy) is 1. The first-order valence-electron chi connectivity index (χ1n) is 9.43. The lowest BCUT2D eigenvalue weighted by atomic mass is 9.83. The van der Waals surface area contributed by atoms with E-state index in [2.05, 4.69) is 10.1 Å². The maximum absolute atomic E-state index is 14.4. The molecular weight excluding hydrogens is 424 g/mol. The number of hydrogen-bond donors (Lipinski definition) is 3. The van der Waals surface area contributed by atoms with Crippen molar-refractivity contribution in [3.05, 3.63) is 64.5 Å². The van der Waals surface area contributed by atoms with Gasteiger partial charge in [0.05, 0.1) is 0 Å². The maximum atomic E-state index is 14.4. The van der Waals surface area contributed by atoms with E-state index in [0.717, 1.165) is 17.7 Å². The SMILES string of the molecule is CC(C)(C)c1ccc(OC(N)=O)cc1-c1nc(Cc2c(F)cc(C(=O)NN)cc2F)no1. The van der Waals surface area contributed by atoms with Gasteiger partial charge in [0.15, 0.2) is 5.82 Å². The molecule has 0 aliphatic rings. The molecule has 3 rings (SSSR count). The summed E-state index contributed by atoms with van der Waals surface area (Å²) in [5.41, 5.74) is 7.23. The van der Waals surface area contributed by atoms with Crippen LogP contribution < -0.4 is 21.7 Å². The summed E-state index contributed by atoms with van der Waals surface area (Å²) in [7, 11) is 0. The Labute approximate surface area is 181 Å². The molecule has 0 unspecified atom stereocenters. The number of nitrogens with zero attached hydrogens (tertiary/aromatic N) is 2. The number of rotatable bonds is 5. The van der Waals surface area contributed by atoms with Gasteiger partial charge in [0.1, 0.15) is 17.4 Å². The summed E-state index contributed by atoms with van der Waals surface area (Å²) >= 11 is 0. The zero-order valence-electron chi connectivity index (χ0n) is 17.5. The number of halogens is 2. The molecule has 0 saturated carbocycles. The number of carbonyl (C=O) groups excluding carboxylic acids is 2. The predicted molar refractivity (Wildman–Crippen MR) is 109 cm³/mol. The van der Waals surface area contributed by atoms with Crippen molar-refractivity contribution in [1.82, 2.24) is 15.6 Å². The topological polar surface area (TPSA) is 146 Å². The van der Waals surface area contributed by atoms with Gasteiger partial charge in [-0.25, -0.2) is 19.4 Å². The van der Waals surface area contributed by atoms with E-state index in [4.69, 9.17) is 20.8 Å². The molecule has 2 aromatic carbocycles. The molecule has 9 nitrogen and oxygen atoms in total. The molecule has 5 N–H and O–H groups in total. The molecule has 0 radical (unpaired) electrons. The predicted octanol–water partition coefficient (Wildman–Crippen LogP) is 2.96. The lowest BCUT2D eigenvalue weighted by Gasteiger charge is -2.22. The van der Waals surface area contributed by atoms with Crippen LogP contribution in [-0.4, -0.2) is 22.1 Å². The molecular formula is C21H21F2N5O4. The van der Waals surface area contributed by atoms with Crippen LogP contribution >= 0.6 is 0 Å². The number of benzene rings is 2. The number of primary amides is 1. The molecule has 0 aliphatic carbocycles. The van der Waals surface area contributed by atoms with Gasteiger partial charge in [-0.15, -0.1) is 0 Å². The van der Waals surface area contributed by atoms with Crippen LogP contribution in [0.25, 0.3) is 11.5 Å². The first-order valence-corrected chi connectivity index (χ1v) is 9.43. The second-order valence-electron chi connectivity index (χ2n) is 7.96. The van der Waals surface area contributed by atoms with E-state index in [9.17, 15) is 18.4 Å². The smallest absolute Gasteiger partial charge is 0.409 e. The average molecular weight is 445 g/mol. The maximum Gasteiger partial charge on any atom is 0.409 e. The Morgan fingerprint density at radius 1 is 1.16 bits per heavy atom. The van der Waals surface area contributed by atoms with E-state index in [0.29, 0.717) is 5.56 Å². The molecule has 32 heavy (non-hydrogen) atoms. The van der Waals surface area contributed by atoms with Crippen LogP contribution in [0, 0.1) is 11.6 Å². The van der Waals surface area contributed by atoms with Crippen molar-refractivity contribution >= 4 is 12.0 Å². The fourth-order valence-electron chi connectivity index (χ4n) is 3.11. The Morgan fingerprint density at radius 2 is 1.81 bits per heavy atom. The monoisotopic (exact) mass is 445 g/mol. The Kier molecular flexibility index (Phi) is 6.21. The van der Waals surface area contributed by atoms with Crippen molar-refractivity contribution in [1.29, 1.82) is 0 Å². The first-order chi connectivity index (χ1) is 15.0. The second kappa shape index (κ2) is 8.71. The van der Waals surface area contributed by atoms with E-state index in [1.165, 1.54) is 6.07 Å². The molecule has 0 fully saturated rings. The fraction of sp³-hybridized carbons (Fsp3) is 0.238. The number of carbonyl (C=O) groups is 2. The quantitative estimate of drug-likeness (QED) is 0.311. The largest absolute Gasteiger partial charge is 0.410 e. The molecule has 11 heteroatoms. The number of hydrazine groups is 1. The van der Waals surface area contributed by atoms with Crippen molar-refractivity contribution in [2.75, 3.05) is 0 Å². The van der Waals surface area contributed by atoms with Crippen LogP contribution in [0.15, 0.2) is 34.9 Å². The summed E-state index contributed by atoms with van der Waals surface area (Å²) in [5.74, 6) is 2.50. The third-order valence-corrected chi connectivity index (χ3v) is 4.59. The first kappa shape index (κ1) is 22.8. The summed E-state index contributed by atoms with van der Waals surface area (Å²) in [6.07, 6.45) is -1.31. The summed E-state index contributed by atoms with van der Waals surface area (Å²) in [6.45, 7) is 5.88. The number of amides is 2. The van der Waals surface area contributed by atoms with E-state index < -0.39 is 23.6 Å². The van der Waals surface area contributed by atoms with Crippen LogP contribution in [0.3, 0.4) is 0 Å². The standard InChI is InChI=1S/C21H21F2N5O4/c1-21(2,3)14-5-4-11(31-20(24)30)8-12(14)19-26-17(28-32-19)9-13-15(22)6-10(7-16(13)23)18(29)27-25/h4-8H,9,25H2,1-3H3,(H2,24,30)(H,27,29). The number of aromatic nitrogens is 2. The number of nitrogens with one attached hydrogen (secondary N) is 1. The summed E-state index contributed by atoms with van der Waals surface area (Å²) in [6, 6.07) is 6.56. The lowest BCUT2D eigenvalue weighted by Crippen LogP contribution is -2.30. The molecule has 3 aromatic rings. The van der Waals surface area contributed by atoms with Gasteiger partial charge in [-0.1, -0.05) is 32.0 Å². The molecule has 0 spiro atoms. The molecule has 168 valence electrons. The highest BCUT2D eigenvalue weighted by molar-refractivity contribution is 5.93. The van der Waals surface area contributed by atoms with Crippen LogP contribution in [0.1, 0.15) is 48.1 Å². The average Bonchev–Trinajstić information content (AvgIpc) is 3.17. The number of nitrogens with two attached hydrogens (primary N) is 2. The van der Waals surface area contributed by atoms with E-state index >= 15 is 0 Å². The summed E-state index contributed by atoms with van der Waals surface area (Å²) in [4.78, 5) is 26.9. The second-order valence-corrected chi connectivity index (χ2v) is 7.96. The lowest BCUT2D eigenvalue weighted by molar-refractivity contribution is 0.0952. The summed E-state index contributed by atoms with van der Waals surface area (Å²) < 4.78 is 39.1. The Bertz CT molecular complexity index is 1160. The molecule has 0 atom stereocenters. The highest BCUT2D eigenvalue weighted by Gasteiger charge is 2.24. The van der Waals surface area contributed by atoms with Gasteiger partial charge < -0.3 is 15.0 Å². The summed E-state index contributed by atoms with van der Waals surface area (Å²) in [5, 5.41) is 3.81. The van der Waals surface area contributed by atoms with Crippen molar-refractivity contribution in [2.24, 2.45) is 11.6 Å². The molecule has 2 amide bonds. The van der Waals surface area contributed by atoms with Crippen molar-refractivity contribution in [3.8, 4) is 17.2 Å². The minimum Gasteiger partial charge on any atom is -0.410 e. The zero-order chi connectivity index (χ0) is 23.6. The number of nitrogen functional groups attached to an aromatic ring is 1. The Hall–Kier alpha value is -3.86. The third-order valence-electron chi connectivity index (χ3n) is 4.59. The van der Waals surface area contributed by atoms with E-state index in [-0.39, 0.29) is 40.4 Å². The Balaban J connectivity index is 1.97. The van der Waals surface area contributed by atoms with Crippen molar-refractivity contribution in [2.45, 2.75) is 32.6 Å². The molecule has 0 bridgehead atoms. The van der Waals surface area contributed by atoms with Gasteiger partial charge in [0.2, 0.25) is 0 Å². The molecule has 0 saturated heterocycles. The van der Waals surface area contributed by atoms with Crippen LogP contribution in [-0.2, 0) is 11.8 Å². The normalized spacial score (nSPS) is 11.3.